The van der Waals surface area contributed by atoms with Crippen molar-refractivity contribution in [2.45, 2.75) is 13.8 Å². The molecular formula is C8H12O2. The first-order chi connectivity index (χ1) is 4.66. The summed E-state index contributed by atoms with van der Waals surface area (Å²) in [5.41, 5.74) is 0. The van der Waals surface area contributed by atoms with Gasteiger partial charge >= 0.3 is 5.97 Å². The van der Waals surface area contributed by atoms with Crippen molar-refractivity contribution in [2.75, 3.05) is 0 Å². The minimum absolute atomic E-state index is 0.209. The van der Waals surface area contributed by atoms with Gasteiger partial charge in [0.05, 0.1) is 0 Å². The van der Waals surface area contributed by atoms with Crippen molar-refractivity contribution in [3.8, 4) is 0 Å². The van der Waals surface area contributed by atoms with Crippen molar-refractivity contribution < 1.29 is 9.90 Å². The minimum Gasteiger partial charge on any atom is -0.478 e. The standard InChI is InChI=1S/C8H12O2/c1-3-4-7(2)5-6-8(9)10/h3-7H,1-2H3,(H,9,10)/b4-3+,6-5+. The van der Waals surface area contributed by atoms with E-state index in [1.54, 1.807) is 6.08 Å². The summed E-state index contributed by atoms with van der Waals surface area (Å²) in [5.74, 6) is -0.683. The molecule has 0 aromatic heterocycles. The highest BCUT2D eigenvalue weighted by atomic mass is 16.4. The first-order valence-electron chi connectivity index (χ1n) is 3.20. The van der Waals surface area contributed by atoms with Gasteiger partial charge < -0.3 is 5.11 Å². The third-order valence-electron chi connectivity index (χ3n) is 1.04. The quantitative estimate of drug-likeness (QED) is 0.479. The lowest BCUT2D eigenvalue weighted by atomic mass is 10.1. The number of allylic oxidation sites excluding steroid dienone is 3. The normalized spacial score (nSPS) is 14.6. The predicted octanol–water partition coefficient (Wildman–Crippen LogP) is 1.84. The molecule has 56 valence electrons. The fourth-order valence-corrected chi connectivity index (χ4v) is 0.602. The van der Waals surface area contributed by atoms with Crippen LogP contribution in [0.3, 0.4) is 0 Å². The molecule has 0 heterocycles. The third kappa shape index (κ3) is 5.09. The van der Waals surface area contributed by atoms with E-state index in [4.69, 9.17) is 5.11 Å². The second-order valence-corrected chi connectivity index (χ2v) is 2.08. The predicted molar refractivity (Wildman–Crippen MR) is 40.8 cm³/mol. The van der Waals surface area contributed by atoms with E-state index in [0.29, 0.717) is 0 Å². The topological polar surface area (TPSA) is 37.3 Å². The fraction of sp³-hybridized carbons (Fsp3) is 0.375. The molecule has 0 bridgehead atoms. The van der Waals surface area contributed by atoms with Crippen LogP contribution in [0.2, 0.25) is 0 Å². The second kappa shape index (κ2) is 4.79. The van der Waals surface area contributed by atoms with E-state index >= 15 is 0 Å². The van der Waals surface area contributed by atoms with Gasteiger partial charge in [-0.15, -0.1) is 0 Å². The Labute approximate surface area is 60.9 Å². The van der Waals surface area contributed by atoms with Gasteiger partial charge in [0.15, 0.2) is 0 Å². The largest absolute Gasteiger partial charge is 0.478 e. The molecule has 2 nitrogen and oxygen atoms in total. The van der Waals surface area contributed by atoms with E-state index in [-0.39, 0.29) is 5.92 Å². The van der Waals surface area contributed by atoms with E-state index in [0.717, 1.165) is 6.08 Å². The molecule has 0 aromatic carbocycles. The number of rotatable bonds is 3. The van der Waals surface area contributed by atoms with E-state index < -0.39 is 5.97 Å². The van der Waals surface area contributed by atoms with Gasteiger partial charge in [-0.05, 0) is 12.8 Å². The zero-order valence-electron chi connectivity index (χ0n) is 6.24. The van der Waals surface area contributed by atoms with Crippen molar-refractivity contribution in [3.63, 3.8) is 0 Å². The monoisotopic (exact) mass is 140 g/mol. The molecule has 0 saturated heterocycles. The molecular weight excluding hydrogens is 128 g/mol. The van der Waals surface area contributed by atoms with Crippen LogP contribution < -0.4 is 0 Å². The summed E-state index contributed by atoms with van der Waals surface area (Å²) in [4.78, 5) is 10.00. The summed E-state index contributed by atoms with van der Waals surface area (Å²) in [5, 5.41) is 8.22. The zero-order valence-corrected chi connectivity index (χ0v) is 6.24. The maximum Gasteiger partial charge on any atom is 0.327 e. The highest BCUT2D eigenvalue weighted by molar-refractivity contribution is 5.79. The molecule has 0 radical (unpaired) electrons. The molecule has 0 aliphatic rings. The molecule has 0 aliphatic heterocycles. The minimum atomic E-state index is -0.892. The lowest BCUT2D eigenvalue weighted by Crippen LogP contribution is -1.89. The Morgan fingerprint density at radius 3 is 2.50 bits per heavy atom. The number of carboxylic acids is 1. The van der Waals surface area contributed by atoms with E-state index in [2.05, 4.69) is 0 Å². The maximum absolute atomic E-state index is 10.00. The Bertz CT molecular complexity index is 157. The van der Waals surface area contributed by atoms with Crippen molar-refractivity contribution in [3.05, 3.63) is 24.3 Å². The molecule has 1 unspecified atom stereocenters. The van der Waals surface area contributed by atoms with Gasteiger partial charge in [0, 0.05) is 6.08 Å². The molecule has 0 spiro atoms. The summed E-state index contributed by atoms with van der Waals surface area (Å²) in [6.45, 7) is 3.84. The molecule has 0 amide bonds. The Balaban J connectivity index is 3.77. The summed E-state index contributed by atoms with van der Waals surface area (Å²) in [6, 6.07) is 0. The van der Waals surface area contributed by atoms with Crippen molar-refractivity contribution >= 4 is 5.97 Å². The number of hydrogen-bond donors (Lipinski definition) is 1. The maximum atomic E-state index is 10.00. The number of aliphatic carboxylic acids is 1. The molecule has 0 saturated carbocycles. The molecule has 2 heteroatoms. The highest BCUT2D eigenvalue weighted by Crippen LogP contribution is 1.97. The van der Waals surface area contributed by atoms with Gasteiger partial charge in [-0.1, -0.05) is 25.2 Å². The van der Waals surface area contributed by atoms with Gasteiger partial charge in [0.2, 0.25) is 0 Å². The summed E-state index contributed by atoms with van der Waals surface area (Å²) >= 11 is 0. The number of hydrogen-bond acceptors (Lipinski definition) is 1. The second-order valence-electron chi connectivity index (χ2n) is 2.08. The van der Waals surface area contributed by atoms with Crippen LogP contribution in [-0.2, 0) is 4.79 Å². The number of carbonyl (C=O) groups is 1. The fourth-order valence-electron chi connectivity index (χ4n) is 0.602. The average Bonchev–Trinajstić information content (AvgIpc) is 1.85. The van der Waals surface area contributed by atoms with Crippen LogP contribution in [0.15, 0.2) is 24.3 Å². The van der Waals surface area contributed by atoms with Crippen molar-refractivity contribution in [2.24, 2.45) is 5.92 Å². The zero-order chi connectivity index (χ0) is 7.98. The lowest BCUT2D eigenvalue weighted by Gasteiger charge is -1.93. The van der Waals surface area contributed by atoms with Crippen LogP contribution >= 0.6 is 0 Å². The van der Waals surface area contributed by atoms with Gasteiger partial charge in [-0.25, -0.2) is 4.79 Å². The molecule has 0 aliphatic carbocycles. The summed E-state index contributed by atoms with van der Waals surface area (Å²) in [7, 11) is 0. The summed E-state index contributed by atoms with van der Waals surface area (Å²) < 4.78 is 0. The summed E-state index contributed by atoms with van der Waals surface area (Å²) in [6.07, 6.45) is 6.63. The Kier molecular flexibility index (Phi) is 4.29. The first-order valence-corrected chi connectivity index (χ1v) is 3.20. The van der Waals surface area contributed by atoms with Crippen molar-refractivity contribution in [1.82, 2.24) is 0 Å². The Hall–Kier alpha value is -1.05. The van der Waals surface area contributed by atoms with Gasteiger partial charge in [0.1, 0.15) is 0 Å². The van der Waals surface area contributed by atoms with Gasteiger partial charge in [-0.3, -0.25) is 0 Å². The molecule has 10 heavy (non-hydrogen) atoms. The molecule has 0 fully saturated rings. The van der Waals surface area contributed by atoms with Crippen LogP contribution in [-0.4, -0.2) is 11.1 Å². The van der Waals surface area contributed by atoms with Crippen LogP contribution in [0.1, 0.15) is 13.8 Å². The smallest absolute Gasteiger partial charge is 0.327 e. The van der Waals surface area contributed by atoms with E-state index in [1.165, 1.54) is 0 Å². The third-order valence-corrected chi connectivity index (χ3v) is 1.04. The van der Waals surface area contributed by atoms with Crippen LogP contribution in [0.5, 0.6) is 0 Å². The Morgan fingerprint density at radius 2 is 2.10 bits per heavy atom. The van der Waals surface area contributed by atoms with E-state index in [1.807, 2.05) is 26.0 Å². The Morgan fingerprint density at radius 1 is 1.50 bits per heavy atom. The van der Waals surface area contributed by atoms with Gasteiger partial charge in [0.25, 0.3) is 0 Å². The van der Waals surface area contributed by atoms with Gasteiger partial charge in [-0.2, -0.15) is 0 Å². The SMILES string of the molecule is C/C=C/C(C)/C=C/C(=O)O. The molecule has 0 aromatic rings. The van der Waals surface area contributed by atoms with Crippen molar-refractivity contribution in [1.29, 1.82) is 0 Å². The van der Waals surface area contributed by atoms with Crippen LogP contribution in [0, 0.1) is 5.92 Å². The highest BCUT2D eigenvalue weighted by Gasteiger charge is 1.89. The first kappa shape index (κ1) is 8.95. The number of carboxylic acid groups (broad SMARTS) is 1. The average molecular weight is 140 g/mol. The van der Waals surface area contributed by atoms with Crippen LogP contribution in [0.25, 0.3) is 0 Å². The van der Waals surface area contributed by atoms with E-state index in [9.17, 15) is 4.79 Å². The van der Waals surface area contributed by atoms with Crippen LogP contribution in [0.4, 0.5) is 0 Å². The lowest BCUT2D eigenvalue weighted by molar-refractivity contribution is -0.131. The molecule has 1 atom stereocenters. The molecule has 1 N–H and O–H groups in total. The molecule has 0 rings (SSSR count).